The number of nitrogens with two attached hydrogens (primary N) is 1. The standard InChI is InChI=1S/C21H26N4O4S/c1-14-2-8-18(9-3-14)30(27,28)25-19(15-10-12-29-13-11-15)21(26)24-17-6-4-16(5-7-17)20(22)23/h2-9,15,19,25H,10-13H2,1H3,(H3,22,23)(H,24,26). The molecule has 1 fully saturated rings. The molecule has 0 bridgehead atoms. The molecule has 1 heterocycles. The monoisotopic (exact) mass is 430 g/mol. The summed E-state index contributed by atoms with van der Waals surface area (Å²) in [5.41, 5.74) is 7.43. The van der Waals surface area contributed by atoms with Gasteiger partial charge in [-0.2, -0.15) is 4.72 Å². The van der Waals surface area contributed by atoms with E-state index in [4.69, 9.17) is 15.9 Å². The number of ether oxygens (including phenoxy) is 1. The molecular weight excluding hydrogens is 404 g/mol. The minimum Gasteiger partial charge on any atom is -0.384 e. The van der Waals surface area contributed by atoms with Crippen LogP contribution in [0.1, 0.15) is 24.0 Å². The van der Waals surface area contributed by atoms with E-state index in [1.807, 2.05) is 6.92 Å². The summed E-state index contributed by atoms with van der Waals surface area (Å²) in [6.07, 6.45) is 1.16. The van der Waals surface area contributed by atoms with E-state index in [-0.39, 0.29) is 16.6 Å². The Labute approximate surface area is 176 Å². The molecular formula is C21H26N4O4S. The van der Waals surface area contributed by atoms with Gasteiger partial charge in [-0.25, -0.2) is 8.42 Å². The fraction of sp³-hybridized carbons (Fsp3) is 0.333. The molecule has 0 spiro atoms. The average molecular weight is 431 g/mol. The van der Waals surface area contributed by atoms with Crippen molar-refractivity contribution in [1.29, 1.82) is 5.41 Å². The highest BCUT2D eigenvalue weighted by molar-refractivity contribution is 7.89. The number of hydrogen-bond acceptors (Lipinski definition) is 5. The Morgan fingerprint density at radius 3 is 2.27 bits per heavy atom. The number of sulfonamides is 1. The molecule has 1 aliphatic rings. The van der Waals surface area contributed by atoms with Crippen LogP contribution < -0.4 is 15.8 Å². The molecule has 0 aliphatic carbocycles. The van der Waals surface area contributed by atoms with Gasteiger partial charge in [0.2, 0.25) is 15.9 Å². The zero-order chi connectivity index (χ0) is 21.7. The fourth-order valence-electron chi connectivity index (χ4n) is 3.32. The second-order valence-electron chi connectivity index (χ2n) is 7.34. The van der Waals surface area contributed by atoms with Gasteiger partial charge in [0, 0.05) is 24.5 Å². The van der Waals surface area contributed by atoms with E-state index in [0.29, 0.717) is 37.3 Å². The third kappa shape index (κ3) is 5.44. The van der Waals surface area contributed by atoms with Gasteiger partial charge in [-0.15, -0.1) is 0 Å². The number of carbonyl (C=O) groups is 1. The smallest absolute Gasteiger partial charge is 0.242 e. The topological polar surface area (TPSA) is 134 Å². The lowest BCUT2D eigenvalue weighted by Gasteiger charge is -2.30. The summed E-state index contributed by atoms with van der Waals surface area (Å²) in [5.74, 6) is -0.692. The van der Waals surface area contributed by atoms with Gasteiger partial charge in [0.1, 0.15) is 11.9 Å². The SMILES string of the molecule is Cc1ccc(S(=O)(=O)NC(C(=O)Nc2ccc(C(=N)N)cc2)C2CCOCC2)cc1. The van der Waals surface area contributed by atoms with E-state index in [0.717, 1.165) is 5.56 Å². The molecule has 9 heteroatoms. The largest absolute Gasteiger partial charge is 0.384 e. The predicted octanol–water partition coefficient (Wildman–Crippen LogP) is 1.99. The van der Waals surface area contributed by atoms with Gasteiger partial charge in [-0.3, -0.25) is 10.2 Å². The van der Waals surface area contributed by atoms with E-state index in [2.05, 4.69) is 10.0 Å². The van der Waals surface area contributed by atoms with Crippen molar-refractivity contribution in [3.8, 4) is 0 Å². The summed E-state index contributed by atoms with van der Waals surface area (Å²) in [4.78, 5) is 13.2. The summed E-state index contributed by atoms with van der Waals surface area (Å²) < 4.78 is 33.8. The first-order chi connectivity index (χ1) is 14.3. The van der Waals surface area contributed by atoms with Crippen molar-refractivity contribution in [1.82, 2.24) is 4.72 Å². The Kier molecular flexibility index (Phi) is 6.86. The predicted molar refractivity (Wildman–Crippen MR) is 115 cm³/mol. The molecule has 1 saturated heterocycles. The first-order valence-corrected chi connectivity index (χ1v) is 11.2. The van der Waals surface area contributed by atoms with Crippen molar-refractivity contribution in [3.05, 3.63) is 59.7 Å². The van der Waals surface area contributed by atoms with E-state index in [1.54, 1.807) is 36.4 Å². The zero-order valence-corrected chi connectivity index (χ0v) is 17.5. The molecule has 1 aliphatic heterocycles. The van der Waals surface area contributed by atoms with E-state index in [1.165, 1.54) is 12.1 Å². The number of aryl methyl sites for hydroxylation is 1. The molecule has 1 amide bonds. The molecule has 2 aromatic rings. The lowest BCUT2D eigenvalue weighted by Crippen LogP contribution is -2.49. The van der Waals surface area contributed by atoms with Gasteiger partial charge in [0.15, 0.2) is 0 Å². The maximum absolute atomic E-state index is 13.0. The van der Waals surface area contributed by atoms with Crippen LogP contribution in [0.15, 0.2) is 53.4 Å². The number of hydrogen-bond donors (Lipinski definition) is 4. The normalized spacial score (nSPS) is 16.0. The first kappa shape index (κ1) is 21.9. The summed E-state index contributed by atoms with van der Waals surface area (Å²) in [6.45, 7) is 2.83. The Bertz CT molecular complexity index is 998. The van der Waals surface area contributed by atoms with Gasteiger partial charge in [-0.1, -0.05) is 17.7 Å². The molecule has 1 unspecified atom stereocenters. The quantitative estimate of drug-likeness (QED) is 0.394. The number of amides is 1. The third-order valence-electron chi connectivity index (χ3n) is 5.10. The van der Waals surface area contributed by atoms with E-state index >= 15 is 0 Å². The number of amidine groups is 1. The van der Waals surface area contributed by atoms with E-state index in [9.17, 15) is 13.2 Å². The molecule has 0 radical (unpaired) electrons. The maximum Gasteiger partial charge on any atom is 0.242 e. The van der Waals surface area contributed by atoms with Gasteiger partial charge in [0.05, 0.1) is 4.90 Å². The molecule has 160 valence electrons. The minimum atomic E-state index is -3.88. The van der Waals surface area contributed by atoms with Gasteiger partial charge < -0.3 is 15.8 Å². The molecule has 0 saturated carbocycles. The number of anilines is 1. The number of benzene rings is 2. The van der Waals surface area contributed by atoms with Crippen LogP contribution in [-0.4, -0.2) is 39.4 Å². The van der Waals surface area contributed by atoms with Crippen molar-refractivity contribution >= 4 is 27.5 Å². The molecule has 3 rings (SSSR count). The van der Waals surface area contributed by atoms with Crippen molar-refractivity contribution in [2.24, 2.45) is 11.7 Å². The van der Waals surface area contributed by atoms with Crippen molar-refractivity contribution < 1.29 is 17.9 Å². The zero-order valence-electron chi connectivity index (χ0n) is 16.7. The lowest BCUT2D eigenvalue weighted by molar-refractivity contribution is -0.119. The summed E-state index contributed by atoms with van der Waals surface area (Å²) in [6, 6.07) is 12.1. The van der Waals surface area contributed by atoms with Crippen molar-refractivity contribution in [2.75, 3.05) is 18.5 Å². The number of rotatable bonds is 7. The summed E-state index contributed by atoms with van der Waals surface area (Å²) in [7, 11) is -3.88. The highest BCUT2D eigenvalue weighted by atomic mass is 32.2. The number of nitrogen functional groups attached to an aromatic ring is 1. The lowest BCUT2D eigenvalue weighted by atomic mass is 9.92. The van der Waals surface area contributed by atoms with E-state index < -0.39 is 22.0 Å². The summed E-state index contributed by atoms with van der Waals surface area (Å²) in [5, 5.41) is 10.2. The van der Waals surface area contributed by atoms with Gasteiger partial charge in [0.25, 0.3) is 0 Å². The molecule has 8 nitrogen and oxygen atoms in total. The van der Waals surface area contributed by atoms with Crippen LogP contribution in [0.4, 0.5) is 5.69 Å². The fourth-order valence-corrected chi connectivity index (χ4v) is 4.58. The van der Waals surface area contributed by atoms with Crippen LogP contribution in [0.25, 0.3) is 0 Å². The number of nitrogens with one attached hydrogen (secondary N) is 3. The first-order valence-electron chi connectivity index (χ1n) is 9.68. The Balaban J connectivity index is 1.81. The second kappa shape index (κ2) is 9.38. The van der Waals surface area contributed by atoms with Crippen molar-refractivity contribution in [3.63, 3.8) is 0 Å². The third-order valence-corrected chi connectivity index (χ3v) is 6.55. The number of carbonyl (C=O) groups excluding carboxylic acids is 1. The average Bonchev–Trinajstić information content (AvgIpc) is 2.73. The highest BCUT2D eigenvalue weighted by Gasteiger charge is 2.34. The van der Waals surface area contributed by atoms with Crippen molar-refractivity contribution in [2.45, 2.75) is 30.7 Å². The van der Waals surface area contributed by atoms with Crippen LogP contribution >= 0.6 is 0 Å². The Morgan fingerprint density at radius 2 is 1.70 bits per heavy atom. The molecule has 2 aromatic carbocycles. The van der Waals surface area contributed by atoms with Crippen LogP contribution in [0.5, 0.6) is 0 Å². The Morgan fingerprint density at radius 1 is 1.10 bits per heavy atom. The van der Waals surface area contributed by atoms with Gasteiger partial charge >= 0.3 is 0 Å². The molecule has 5 N–H and O–H groups in total. The molecule has 30 heavy (non-hydrogen) atoms. The van der Waals surface area contributed by atoms with Crippen LogP contribution in [0, 0.1) is 18.3 Å². The van der Waals surface area contributed by atoms with Crippen LogP contribution in [-0.2, 0) is 19.6 Å². The second-order valence-corrected chi connectivity index (χ2v) is 9.06. The maximum atomic E-state index is 13.0. The highest BCUT2D eigenvalue weighted by Crippen LogP contribution is 2.22. The Hall–Kier alpha value is -2.75. The van der Waals surface area contributed by atoms with Crippen LogP contribution in [0.3, 0.4) is 0 Å². The van der Waals surface area contributed by atoms with Gasteiger partial charge in [-0.05, 0) is 62.1 Å². The summed E-state index contributed by atoms with van der Waals surface area (Å²) >= 11 is 0. The molecule has 1 atom stereocenters. The minimum absolute atomic E-state index is 0.0705. The van der Waals surface area contributed by atoms with Crippen LogP contribution in [0.2, 0.25) is 0 Å². The molecule has 0 aromatic heterocycles.